The number of nitrogens with one attached hydrogen (secondary N) is 2. The summed E-state index contributed by atoms with van der Waals surface area (Å²) in [7, 11) is 0. The molecule has 94 valence electrons. The molecule has 0 aromatic rings. The summed E-state index contributed by atoms with van der Waals surface area (Å²) in [6, 6.07) is 0.264. The lowest BCUT2D eigenvalue weighted by molar-refractivity contribution is 0.235. The third kappa shape index (κ3) is 5.38. The fourth-order valence-corrected chi connectivity index (χ4v) is 2.24. The van der Waals surface area contributed by atoms with E-state index in [-0.39, 0.29) is 12.1 Å². The molecule has 0 bridgehead atoms. The van der Waals surface area contributed by atoms with Crippen LogP contribution in [0, 0.1) is 5.92 Å². The summed E-state index contributed by atoms with van der Waals surface area (Å²) >= 11 is 0. The van der Waals surface area contributed by atoms with E-state index in [2.05, 4.69) is 17.6 Å². The fraction of sp³-hybridized carbons (Fsp3) is 0.923. The molecule has 0 radical (unpaired) electrons. The molecule has 2 N–H and O–H groups in total. The van der Waals surface area contributed by atoms with Gasteiger partial charge in [-0.05, 0) is 25.7 Å². The Morgan fingerprint density at radius 1 is 1.31 bits per heavy atom. The second-order valence-corrected chi connectivity index (χ2v) is 5.00. The summed E-state index contributed by atoms with van der Waals surface area (Å²) in [5.41, 5.74) is 0. The van der Waals surface area contributed by atoms with Gasteiger partial charge in [0.2, 0.25) is 0 Å². The van der Waals surface area contributed by atoms with Crippen LogP contribution in [0.1, 0.15) is 58.8 Å². The number of rotatable bonds is 5. The molecule has 1 aliphatic rings. The van der Waals surface area contributed by atoms with Crippen molar-refractivity contribution in [3.8, 4) is 0 Å². The Bertz CT molecular complexity index is 200. The van der Waals surface area contributed by atoms with Gasteiger partial charge in [-0.1, -0.05) is 39.0 Å². The van der Waals surface area contributed by atoms with Crippen molar-refractivity contribution in [2.24, 2.45) is 5.92 Å². The Balaban J connectivity index is 2.03. The quantitative estimate of drug-likeness (QED) is 0.743. The number of carbonyl (C=O) groups is 1. The van der Waals surface area contributed by atoms with Crippen molar-refractivity contribution in [3.05, 3.63) is 0 Å². The van der Waals surface area contributed by atoms with Crippen molar-refractivity contribution < 1.29 is 4.79 Å². The third-order valence-corrected chi connectivity index (χ3v) is 3.55. The van der Waals surface area contributed by atoms with Gasteiger partial charge >= 0.3 is 6.03 Å². The first-order chi connectivity index (χ1) is 7.72. The molecule has 3 heteroatoms. The highest BCUT2D eigenvalue weighted by atomic mass is 16.2. The highest BCUT2D eigenvalue weighted by Crippen LogP contribution is 2.25. The van der Waals surface area contributed by atoms with Gasteiger partial charge in [0.05, 0.1) is 0 Å². The maximum absolute atomic E-state index is 11.4. The molecular weight excluding hydrogens is 200 g/mol. The molecule has 1 fully saturated rings. The van der Waals surface area contributed by atoms with Crippen LogP contribution in [-0.2, 0) is 0 Å². The third-order valence-electron chi connectivity index (χ3n) is 3.55. The molecule has 3 nitrogen and oxygen atoms in total. The molecule has 0 spiro atoms. The first-order valence-corrected chi connectivity index (χ1v) is 6.76. The second kappa shape index (κ2) is 7.53. The summed E-state index contributed by atoms with van der Waals surface area (Å²) in [6.07, 6.45) is 9.00. The van der Waals surface area contributed by atoms with Gasteiger partial charge < -0.3 is 10.6 Å². The van der Waals surface area contributed by atoms with Gasteiger partial charge in [0.15, 0.2) is 0 Å². The number of hydrogen-bond acceptors (Lipinski definition) is 1. The summed E-state index contributed by atoms with van der Waals surface area (Å²) in [6.45, 7) is 4.93. The lowest BCUT2D eigenvalue weighted by atomic mass is 9.87. The summed E-state index contributed by atoms with van der Waals surface area (Å²) in [5.74, 6) is 0.845. The molecular formula is C13H26N2O. The van der Waals surface area contributed by atoms with Crippen LogP contribution in [0.5, 0.6) is 0 Å². The van der Waals surface area contributed by atoms with Crippen molar-refractivity contribution in [1.29, 1.82) is 0 Å². The maximum Gasteiger partial charge on any atom is 0.314 e. The summed E-state index contributed by atoms with van der Waals surface area (Å²) < 4.78 is 0. The molecule has 0 aliphatic heterocycles. The minimum absolute atomic E-state index is 0.00911. The highest BCUT2D eigenvalue weighted by molar-refractivity contribution is 5.74. The van der Waals surface area contributed by atoms with Crippen molar-refractivity contribution >= 4 is 6.03 Å². The van der Waals surface area contributed by atoms with Gasteiger partial charge in [-0.15, -0.1) is 0 Å². The molecule has 0 saturated heterocycles. The zero-order valence-corrected chi connectivity index (χ0v) is 10.7. The summed E-state index contributed by atoms with van der Waals surface area (Å²) in [5, 5.41) is 5.86. The predicted octanol–water partition coefficient (Wildman–Crippen LogP) is 3.05. The SMILES string of the molecule is CCC(C)NC(=O)NCCC1CCCCC1. The number of carbonyl (C=O) groups excluding carboxylic acids is 1. The van der Waals surface area contributed by atoms with Crippen LogP contribution in [0.15, 0.2) is 0 Å². The number of amides is 2. The Morgan fingerprint density at radius 3 is 2.62 bits per heavy atom. The average molecular weight is 226 g/mol. The Kier molecular flexibility index (Phi) is 6.27. The van der Waals surface area contributed by atoms with Crippen LogP contribution in [-0.4, -0.2) is 18.6 Å². The lowest BCUT2D eigenvalue weighted by Crippen LogP contribution is -2.41. The van der Waals surface area contributed by atoms with Crippen LogP contribution >= 0.6 is 0 Å². The largest absolute Gasteiger partial charge is 0.338 e. The first kappa shape index (κ1) is 13.3. The molecule has 1 aliphatic carbocycles. The van der Waals surface area contributed by atoms with Crippen LogP contribution < -0.4 is 10.6 Å². The summed E-state index contributed by atoms with van der Waals surface area (Å²) in [4.78, 5) is 11.4. The van der Waals surface area contributed by atoms with Gasteiger partial charge in [0, 0.05) is 12.6 Å². The molecule has 0 heterocycles. The standard InChI is InChI=1S/C13H26N2O/c1-3-11(2)15-13(16)14-10-9-12-7-5-4-6-8-12/h11-12H,3-10H2,1-2H3,(H2,14,15,16). The van der Waals surface area contributed by atoms with E-state index in [4.69, 9.17) is 0 Å². The smallest absolute Gasteiger partial charge is 0.314 e. The van der Waals surface area contributed by atoms with Crippen molar-refractivity contribution in [2.45, 2.75) is 64.8 Å². The van der Waals surface area contributed by atoms with E-state index in [1.54, 1.807) is 0 Å². The normalized spacial score (nSPS) is 19.1. The van der Waals surface area contributed by atoms with Crippen molar-refractivity contribution in [2.75, 3.05) is 6.54 Å². The molecule has 2 amide bonds. The molecule has 1 rings (SSSR count). The van der Waals surface area contributed by atoms with Gasteiger partial charge in [0.25, 0.3) is 0 Å². The minimum Gasteiger partial charge on any atom is -0.338 e. The Morgan fingerprint density at radius 2 is 2.00 bits per heavy atom. The van der Waals surface area contributed by atoms with Gasteiger partial charge in [0.1, 0.15) is 0 Å². The molecule has 0 aromatic carbocycles. The van der Waals surface area contributed by atoms with Crippen LogP contribution in [0.25, 0.3) is 0 Å². The van der Waals surface area contributed by atoms with E-state index in [9.17, 15) is 4.79 Å². The minimum atomic E-state index is -0.00911. The van der Waals surface area contributed by atoms with E-state index < -0.39 is 0 Å². The lowest BCUT2D eigenvalue weighted by Gasteiger charge is -2.21. The molecule has 0 aromatic heterocycles. The number of urea groups is 1. The van der Waals surface area contributed by atoms with Crippen molar-refractivity contribution in [1.82, 2.24) is 10.6 Å². The molecule has 1 unspecified atom stereocenters. The maximum atomic E-state index is 11.4. The monoisotopic (exact) mass is 226 g/mol. The zero-order chi connectivity index (χ0) is 11.8. The van der Waals surface area contributed by atoms with E-state index in [0.29, 0.717) is 0 Å². The fourth-order valence-electron chi connectivity index (χ4n) is 2.24. The highest BCUT2D eigenvalue weighted by Gasteiger charge is 2.13. The van der Waals surface area contributed by atoms with Crippen LogP contribution in [0.4, 0.5) is 4.79 Å². The first-order valence-electron chi connectivity index (χ1n) is 6.76. The molecule has 1 saturated carbocycles. The Hall–Kier alpha value is -0.730. The average Bonchev–Trinajstić information content (AvgIpc) is 2.30. The second-order valence-electron chi connectivity index (χ2n) is 5.00. The topological polar surface area (TPSA) is 41.1 Å². The molecule has 16 heavy (non-hydrogen) atoms. The number of hydrogen-bond donors (Lipinski definition) is 2. The van der Waals surface area contributed by atoms with Gasteiger partial charge in [-0.25, -0.2) is 4.79 Å². The van der Waals surface area contributed by atoms with Crippen LogP contribution in [0.3, 0.4) is 0 Å². The molecule has 1 atom stereocenters. The Labute approximate surface area is 99.4 Å². The van der Waals surface area contributed by atoms with Gasteiger partial charge in [-0.2, -0.15) is 0 Å². The van der Waals surface area contributed by atoms with E-state index >= 15 is 0 Å². The van der Waals surface area contributed by atoms with E-state index in [0.717, 1.165) is 25.3 Å². The van der Waals surface area contributed by atoms with E-state index in [1.807, 2.05) is 6.92 Å². The zero-order valence-electron chi connectivity index (χ0n) is 10.7. The van der Waals surface area contributed by atoms with Crippen LogP contribution in [0.2, 0.25) is 0 Å². The van der Waals surface area contributed by atoms with Crippen molar-refractivity contribution in [3.63, 3.8) is 0 Å². The van der Waals surface area contributed by atoms with E-state index in [1.165, 1.54) is 32.1 Å². The van der Waals surface area contributed by atoms with Gasteiger partial charge in [-0.3, -0.25) is 0 Å². The predicted molar refractivity (Wildman–Crippen MR) is 67.5 cm³/mol.